The minimum atomic E-state index is -1.08. The van der Waals surface area contributed by atoms with Crippen LogP contribution in [0.2, 0.25) is 0 Å². The van der Waals surface area contributed by atoms with E-state index in [4.69, 9.17) is 0 Å². The summed E-state index contributed by atoms with van der Waals surface area (Å²) in [5.41, 5.74) is 1.15. The van der Waals surface area contributed by atoms with Crippen molar-refractivity contribution in [3.05, 3.63) is 108 Å². The maximum absolute atomic E-state index is 11.9. The summed E-state index contributed by atoms with van der Waals surface area (Å²) in [4.78, 5) is 14.9. The van der Waals surface area contributed by atoms with Crippen LogP contribution < -0.4 is 0 Å². The number of carbonyl (C=O) groups excluding carboxylic acids is 1. The number of H-pyrrole nitrogens is 1. The van der Waals surface area contributed by atoms with Gasteiger partial charge in [0, 0.05) is 18.0 Å². The lowest BCUT2D eigenvalue weighted by molar-refractivity contribution is 0.0747. The van der Waals surface area contributed by atoms with E-state index in [-0.39, 0.29) is 5.78 Å². The van der Waals surface area contributed by atoms with E-state index in [1.165, 1.54) is 10.8 Å². The molecule has 1 atom stereocenters. The van der Waals surface area contributed by atoms with Crippen LogP contribution in [0.1, 0.15) is 22.0 Å². The molecule has 0 aliphatic carbocycles. The van der Waals surface area contributed by atoms with Crippen molar-refractivity contribution in [1.82, 2.24) is 4.98 Å². The largest absolute Gasteiger partial charge is 0.380 e. The van der Waals surface area contributed by atoms with E-state index in [0.29, 0.717) is 11.1 Å². The van der Waals surface area contributed by atoms with Gasteiger partial charge in [-0.2, -0.15) is 0 Å². The number of rotatable bonds is 3. The molecule has 1 heterocycles. The predicted octanol–water partition coefficient (Wildman–Crippen LogP) is 4.77. The molecule has 0 saturated heterocycles. The van der Waals surface area contributed by atoms with E-state index < -0.39 is 6.10 Å². The SMILES string of the molecule is O=C(c1ccccc1)C(O)c1ccccc1.c1ccc2c[nH]cc2c1. The zero-order chi connectivity index (χ0) is 17.5. The third-order valence-corrected chi connectivity index (χ3v) is 3.90. The van der Waals surface area contributed by atoms with Gasteiger partial charge in [0.15, 0.2) is 5.78 Å². The van der Waals surface area contributed by atoms with Gasteiger partial charge < -0.3 is 10.1 Å². The first kappa shape index (κ1) is 16.7. The molecule has 25 heavy (non-hydrogen) atoms. The van der Waals surface area contributed by atoms with Crippen molar-refractivity contribution in [3.8, 4) is 0 Å². The molecule has 3 nitrogen and oxygen atoms in total. The second-order valence-electron chi connectivity index (χ2n) is 5.63. The lowest BCUT2D eigenvalue weighted by Gasteiger charge is -2.09. The van der Waals surface area contributed by atoms with Crippen LogP contribution in [-0.2, 0) is 0 Å². The van der Waals surface area contributed by atoms with Gasteiger partial charge in [0.05, 0.1) is 0 Å². The molecule has 2 N–H and O–H groups in total. The van der Waals surface area contributed by atoms with Crippen molar-refractivity contribution in [2.45, 2.75) is 6.10 Å². The van der Waals surface area contributed by atoms with Crippen molar-refractivity contribution in [1.29, 1.82) is 0 Å². The van der Waals surface area contributed by atoms with E-state index in [2.05, 4.69) is 17.1 Å². The summed E-state index contributed by atoms with van der Waals surface area (Å²) < 4.78 is 0. The van der Waals surface area contributed by atoms with Crippen molar-refractivity contribution in [2.75, 3.05) is 0 Å². The number of aromatic nitrogens is 1. The highest BCUT2D eigenvalue weighted by molar-refractivity contribution is 5.99. The quantitative estimate of drug-likeness (QED) is 0.532. The molecule has 4 rings (SSSR count). The summed E-state index contributed by atoms with van der Waals surface area (Å²) in [6, 6.07) is 26.0. The zero-order valence-electron chi connectivity index (χ0n) is 13.7. The number of ketones is 1. The first-order valence-corrected chi connectivity index (χ1v) is 8.09. The Kier molecular flexibility index (Phi) is 5.39. The van der Waals surface area contributed by atoms with Crippen LogP contribution in [0.25, 0.3) is 10.8 Å². The van der Waals surface area contributed by atoms with E-state index >= 15 is 0 Å². The molecule has 0 fully saturated rings. The molecular weight excluding hydrogens is 310 g/mol. The molecule has 124 valence electrons. The van der Waals surface area contributed by atoms with Gasteiger partial charge in [0.25, 0.3) is 0 Å². The first-order chi connectivity index (χ1) is 12.3. The number of fused-ring (bicyclic) bond motifs is 1. The maximum Gasteiger partial charge on any atom is 0.195 e. The highest BCUT2D eigenvalue weighted by atomic mass is 16.3. The summed E-state index contributed by atoms with van der Waals surface area (Å²) in [5.74, 6) is -0.271. The first-order valence-electron chi connectivity index (χ1n) is 8.09. The lowest BCUT2D eigenvalue weighted by atomic mass is 10.0. The topological polar surface area (TPSA) is 53.1 Å². The Morgan fingerprint density at radius 1 is 0.720 bits per heavy atom. The highest BCUT2D eigenvalue weighted by Crippen LogP contribution is 2.17. The molecule has 3 aromatic carbocycles. The predicted molar refractivity (Wildman–Crippen MR) is 100 cm³/mol. The third-order valence-electron chi connectivity index (χ3n) is 3.90. The number of carbonyl (C=O) groups is 1. The number of Topliss-reactive ketones (excluding diaryl/α,β-unsaturated/α-hetero) is 1. The number of hydrogen-bond donors (Lipinski definition) is 2. The molecule has 0 bridgehead atoms. The average Bonchev–Trinajstić information content (AvgIpc) is 3.17. The molecule has 4 aromatic rings. The van der Waals surface area contributed by atoms with Crippen LogP contribution in [-0.4, -0.2) is 15.9 Å². The Labute approximate surface area is 146 Å². The Balaban J connectivity index is 0.000000170. The van der Waals surface area contributed by atoms with Gasteiger partial charge >= 0.3 is 0 Å². The van der Waals surface area contributed by atoms with Gasteiger partial charge in [0.2, 0.25) is 0 Å². The Morgan fingerprint density at radius 2 is 1.20 bits per heavy atom. The summed E-state index contributed by atoms with van der Waals surface area (Å²) >= 11 is 0. The summed E-state index contributed by atoms with van der Waals surface area (Å²) in [6.45, 7) is 0. The van der Waals surface area contributed by atoms with Crippen molar-refractivity contribution in [3.63, 3.8) is 0 Å². The fourth-order valence-corrected chi connectivity index (χ4v) is 2.54. The maximum atomic E-state index is 11.9. The lowest BCUT2D eigenvalue weighted by Crippen LogP contribution is -2.11. The molecular formula is C22H19NO2. The van der Waals surface area contributed by atoms with Gasteiger partial charge in [-0.25, -0.2) is 0 Å². The van der Waals surface area contributed by atoms with E-state index in [1.807, 2.05) is 36.7 Å². The van der Waals surface area contributed by atoms with Gasteiger partial charge in [-0.1, -0.05) is 84.9 Å². The van der Waals surface area contributed by atoms with Gasteiger partial charge in [-0.15, -0.1) is 0 Å². The number of aliphatic hydroxyl groups excluding tert-OH is 1. The van der Waals surface area contributed by atoms with Crippen molar-refractivity contribution < 1.29 is 9.90 Å². The van der Waals surface area contributed by atoms with Gasteiger partial charge in [-0.05, 0) is 16.3 Å². The third kappa shape index (κ3) is 4.22. The number of hydrogen-bond acceptors (Lipinski definition) is 2. The van der Waals surface area contributed by atoms with Crippen LogP contribution in [0.5, 0.6) is 0 Å². The summed E-state index contributed by atoms with van der Waals surface area (Å²) in [6.07, 6.45) is 2.91. The molecule has 3 heteroatoms. The van der Waals surface area contributed by atoms with Gasteiger partial charge in [0.1, 0.15) is 6.10 Å². The van der Waals surface area contributed by atoms with E-state index in [0.717, 1.165) is 0 Å². The molecule has 1 unspecified atom stereocenters. The molecule has 0 saturated carbocycles. The number of nitrogens with one attached hydrogen (secondary N) is 1. The Morgan fingerprint density at radius 3 is 1.76 bits per heavy atom. The fourth-order valence-electron chi connectivity index (χ4n) is 2.54. The number of aromatic amines is 1. The molecule has 0 radical (unpaired) electrons. The Bertz CT molecular complexity index is 900. The van der Waals surface area contributed by atoms with Crippen LogP contribution in [0.4, 0.5) is 0 Å². The number of aliphatic hydroxyl groups is 1. The fraction of sp³-hybridized carbons (Fsp3) is 0.0455. The molecule has 1 aromatic heterocycles. The minimum absolute atomic E-state index is 0.271. The molecule has 0 spiro atoms. The smallest absolute Gasteiger partial charge is 0.195 e. The molecule has 0 aliphatic heterocycles. The standard InChI is InChI=1S/C14H12O2.C8H7N/c15-13(11-7-3-1-4-8-11)14(16)12-9-5-2-6-10-12;1-2-4-8-6-9-5-7(8)3-1/h1-10,13,15H;1-6,9H. The summed E-state index contributed by atoms with van der Waals surface area (Å²) in [7, 11) is 0. The Hall–Kier alpha value is -3.17. The van der Waals surface area contributed by atoms with Crippen LogP contribution >= 0.6 is 0 Å². The second-order valence-corrected chi connectivity index (χ2v) is 5.63. The highest BCUT2D eigenvalue weighted by Gasteiger charge is 2.18. The van der Waals surface area contributed by atoms with Crippen LogP contribution in [0.3, 0.4) is 0 Å². The molecule has 0 amide bonds. The van der Waals surface area contributed by atoms with Crippen LogP contribution in [0.15, 0.2) is 97.3 Å². The van der Waals surface area contributed by atoms with Gasteiger partial charge in [-0.3, -0.25) is 4.79 Å². The average molecular weight is 329 g/mol. The number of benzene rings is 3. The van der Waals surface area contributed by atoms with Crippen molar-refractivity contribution in [2.24, 2.45) is 0 Å². The minimum Gasteiger partial charge on any atom is -0.380 e. The zero-order valence-corrected chi connectivity index (χ0v) is 13.7. The van der Waals surface area contributed by atoms with Crippen molar-refractivity contribution >= 4 is 16.6 Å². The van der Waals surface area contributed by atoms with E-state index in [1.54, 1.807) is 48.5 Å². The normalized spacial score (nSPS) is 11.4. The monoisotopic (exact) mass is 329 g/mol. The molecule has 0 aliphatic rings. The van der Waals surface area contributed by atoms with Crippen LogP contribution in [0, 0.1) is 0 Å². The summed E-state index contributed by atoms with van der Waals surface area (Å²) in [5, 5.41) is 12.4. The second kappa shape index (κ2) is 8.08. The van der Waals surface area contributed by atoms with E-state index in [9.17, 15) is 9.90 Å².